The minimum Gasteiger partial charge on any atom is -0.497 e. The molecule has 2 N–H and O–H groups in total. The van der Waals surface area contributed by atoms with Crippen molar-refractivity contribution in [1.29, 1.82) is 0 Å². The second-order valence-electron chi connectivity index (χ2n) is 6.23. The molecule has 2 aromatic rings. The summed E-state index contributed by atoms with van der Waals surface area (Å²) in [4.78, 5) is 14.7. The first kappa shape index (κ1) is 17.3. The van der Waals surface area contributed by atoms with Crippen molar-refractivity contribution < 1.29 is 14.6 Å². The second-order valence-corrected chi connectivity index (χ2v) is 6.23. The zero-order chi connectivity index (χ0) is 17.6. The molecule has 1 aliphatic rings. The van der Waals surface area contributed by atoms with Crippen molar-refractivity contribution in [2.45, 2.75) is 25.4 Å². The summed E-state index contributed by atoms with van der Waals surface area (Å²) in [5.74, 6) is 0.789. The highest BCUT2D eigenvalue weighted by Crippen LogP contribution is 2.24. The van der Waals surface area contributed by atoms with E-state index in [2.05, 4.69) is 5.32 Å². The van der Waals surface area contributed by atoms with Crippen LogP contribution in [0.5, 0.6) is 5.75 Å². The van der Waals surface area contributed by atoms with Crippen LogP contribution in [0.15, 0.2) is 48.5 Å². The van der Waals surface area contributed by atoms with Crippen molar-refractivity contribution >= 4 is 11.6 Å². The summed E-state index contributed by atoms with van der Waals surface area (Å²) in [7, 11) is 1.65. The lowest BCUT2D eigenvalue weighted by molar-refractivity contribution is 0.0678. The minimum atomic E-state index is -0.0704. The van der Waals surface area contributed by atoms with Gasteiger partial charge in [-0.2, -0.15) is 0 Å². The predicted molar refractivity (Wildman–Crippen MR) is 97.9 cm³/mol. The van der Waals surface area contributed by atoms with Crippen LogP contribution < -0.4 is 10.1 Å². The number of rotatable bonds is 6. The van der Waals surface area contributed by atoms with Crippen LogP contribution in [-0.4, -0.2) is 42.2 Å². The van der Waals surface area contributed by atoms with Gasteiger partial charge in [0.05, 0.1) is 25.3 Å². The molecule has 5 heteroatoms. The van der Waals surface area contributed by atoms with E-state index >= 15 is 0 Å². The number of carbonyl (C=O) groups excluding carboxylic acids is 1. The average molecular weight is 340 g/mol. The van der Waals surface area contributed by atoms with Gasteiger partial charge in [-0.05, 0) is 42.7 Å². The molecule has 1 atom stereocenters. The van der Waals surface area contributed by atoms with Gasteiger partial charge < -0.3 is 20.1 Å². The number of hydrogen-bond acceptors (Lipinski definition) is 4. The van der Waals surface area contributed by atoms with Crippen molar-refractivity contribution in [3.63, 3.8) is 0 Å². The van der Waals surface area contributed by atoms with Crippen LogP contribution in [0, 0.1) is 0 Å². The van der Waals surface area contributed by atoms with Crippen LogP contribution >= 0.6 is 0 Å². The fourth-order valence-corrected chi connectivity index (χ4v) is 3.25. The number of amides is 1. The molecule has 0 spiro atoms. The Bertz CT molecular complexity index is 732. The number of anilines is 1. The molecule has 0 saturated carbocycles. The monoisotopic (exact) mass is 340 g/mol. The number of ether oxygens (including phenoxy) is 1. The molecule has 1 aliphatic heterocycles. The average Bonchev–Trinajstić information content (AvgIpc) is 3.15. The van der Waals surface area contributed by atoms with Gasteiger partial charge in [-0.1, -0.05) is 24.3 Å². The van der Waals surface area contributed by atoms with E-state index in [1.165, 1.54) is 0 Å². The van der Waals surface area contributed by atoms with Crippen LogP contribution in [-0.2, 0) is 6.54 Å². The number of hydrogen-bond donors (Lipinski definition) is 2. The zero-order valence-electron chi connectivity index (χ0n) is 14.4. The summed E-state index contributed by atoms with van der Waals surface area (Å²) in [5, 5.41) is 12.8. The van der Waals surface area contributed by atoms with E-state index in [4.69, 9.17) is 4.74 Å². The molecule has 1 amide bonds. The topological polar surface area (TPSA) is 61.8 Å². The Balaban J connectivity index is 1.75. The molecule has 0 bridgehead atoms. The number of aliphatic hydroxyl groups excluding tert-OH is 1. The molecule has 0 aromatic heterocycles. The van der Waals surface area contributed by atoms with Gasteiger partial charge in [0.1, 0.15) is 5.75 Å². The summed E-state index contributed by atoms with van der Waals surface area (Å²) in [6.07, 6.45) is 1.80. The van der Waals surface area contributed by atoms with Crippen molar-refractivity contribution in [3.8, 4) is 5.75 Å². The third-order valence-corrected chi connectivity index (χ3v) is 4.62. The van der Waals surface area contributed by atoms with Gasteiger partial charge >= 0.3 is 0 Å². The van der Waals surface area contributed by atoms with E-state index in [-0.39, 0.29) is 18.6 Å². The maximum absolute atomic E-state index is 12.9. The molecule has 132 valence electrons. The normalized spacial score (nSPS) is 16.7. The van der Waals surface area contributed by atoms with Gasteiger partial charge in [-0.25, -0.2) is 0 Å². The molecule has 3 rings (SSSR count). The lowest BCUT2D eigenvalue weighted by Crippen LogP contribution is -2.37. The van der Waals surface area contributed by atoms with Gasteiger partial charge in [0, 0.05) is 18.8 Å². The molecule has 0 aliphatic carbocycles. The van der Waals surface area contributed by atoms with E-state index in [1.807, 2.05) is 48.5 Å². The number of methoxy groups -OCH3 is 1. The van der Waals surface area contributed by atoms with Gasteiger partial charge in [0.25, 0.3) is 5.91 Å². The van der Waals surface area contributed by atoms with Crippen LogP contribution in [0.2, 0.25) is 0 Å². The number of aliphatic hydroxyl groups is 1. The highest BCUT2D eigenvalue weighted by atomic mass is 16.5. The molecule has 2 aromatic carbocycles. The highest BCUT2D eigenvalue weighted by Gasteiger charge is 2.29. The van der Waals surface area contributed by atoms with Gasteiger partial charge in [-0.15, -0.1) is 0 Å². The van der Waals surface area contributed by atoms with Gasteiger partial charge in [-0.3, -0.25) is 4.79 Å². The van der Waals surface area contributed by atoms with Crippen molar-refractivity contribution in [2.24, 2.45) is 0 Å². The first-order valence-electron chi connectivity index (χ1n) is 8.60. The predicted octanol–water partition coefficient (Wildman–Crippen LogP) is 2.90. The van der Waals surface area contributed by atoms with Gasteiger partial charge in [0.15, 0.2) is 0 Å². The Hall–Kier alpha value is -2.53. The molecule has 25 heavy (non-hydrogen) atoms. The maximum Gasteiger partial charge on any atom is 0.256 e. The molecule has 5 nitrogen and oxygen atoms in total. The summed E-state index contributed by atoms with van der Waals surface area (Å²) in [6, 6.07) is 15.3. The lowest BCUT2D eigenvalue weighted by Gasteiger charge is -2.24. The van der Waals surface area contributed by atoms with Crippen molar-refractivity contribution in [1.82, 2.24) is 4.90 Å². The zero-order valence-corrected chi connectivity index (χ0v) is 14.4. The molecular formula is C20H24N2O3. The van der Waals surface area contributed by atoms with Crippen LogP contribution in [0.25, 0.3) is 0 Å². The van der Waals surface area contributed by atoms with E-state index < -0.39 is 0 Å². The Morgan fingerprint density at radius 2 is 2.12 bits per heavy atom. The number of benzene rings is 2. The third-order valence-electron chi connectivity index (χ3n) is 4.62. The first-order valence-corrected chi connectivity index (χ1v) is 8.60. The smallest absolute Gasteiger partial charge is 0.256 e. The maximum atomic E-state index is 12.9. The summed E-state index contributed by atoms with van der Waals surface area (Å²) >= 11 is 0. The van der Waals surface area contributed by atoms with Crippen molar-refractivity contribution in [2.75, 3.05) is 25.6 Å². The van der Waals surface area contributed by atoms with Gasteiger partial charge in [0.2, 0.25) is 0 Å². The Morgan fingerprint density at radius 1 is 1.28 bits per heavy atom. The minimum absolute atomic E-state index is 0.0190. The molecule has 1 fully saturated rings. The second kappa shape index (κ2) is 8.03. The number of likely N-dealkylation sites (tertiary alicyclic amines) is 1. The standard InChI is InChI=1S/C20H24N2O3/c1-25-17-8-4-6-15(12-17)13-21-19-10-3-2-9-18(19)20(24)22-11-5-7-16(22)14-23/h2-4,6,8-10,12,16,21,23H,5,7,11,13-14H2,1H3. The number of nitrogens with zero attached hydrogens (tertiary/aromatic N) is 1. The molecule has 1 saturated heterocycles. The molecule has 1 unspecified atom stereocenters. The summed E-state index contributed by atoms with van der Waals surface area (Å²) < 4.78 is 5.25. The van der Waals surface area contributed by atoms with E-state index in [0.29, 0.717) is 18.7 Å². The molecule has 1 heterocycles. The van der Waals surface area contributed by atoms with E-state index in [0.717, 1.165) is 29.8 Å². The fourth-order valence-electron chi connectivity index (χ4n) is 3.25. The molecule has 0 radical (unpaired) electrons. The Labute approximate surface area is 148 Å². The number of nitrogens with one attached hydrogen (secondary N) is 1. The summed E-state index contributed by atoms with van der Waals surface area (Å²) in [6.45, 7) is 1.32. The SMILES string of the molecule is COc1cccc(CNc2ccccc2C(=O)N2CCCC2CO)c1. The molecular weight excluding hydrogens is 316 g/mol. The highest BCUT2D eigenvalue weighted by molar-refractivity contribution is 5.99. The quantitative estimate of drug-likeness (QED) is 0.849. The number of para-hydroxylation sites is 1. The summed E-state index contributed by atoms with van der Waals surface area (Å²) in [5.41, 5.74) is 2.53. The first-order chi connectivity index (χ1) is 12.2. The largest absolute Gasteiger partial charge is 0.497 e. The third kappa shape index (κ3) is 3.94. The lowest BCUT2D eigenvalue weighted by atomic mass is 10.1. The van der Waals surface area contributed by atoms with Crippen LogP contribution in [0.1, 0.15) is 28.8 Å². The number of carbonyl (C=O) groups is 1. The Kier molecular flexibility index (Phi) is 5.56. The Morgan fingerprint density at radius 3 is 2.92 bits per heavy atom. The van der Waals surface area contributed by atoms with Crippen LogP contribution in [0.3, 0.4) is 0 Å². The van der Waals surface area contributed by atoms with Crippen LogP contribution in [0.4, 0.5) is 5.69 Å². The fraction of sp³-hybridized carbons (Fsp3) is 0.350. The van der Waals surface area contributed by atoms with E-state index in [9.17, 15) is 9.90 Å². The van der Waals surface area contributed by atoms with E-state index in [1.54, 1.807) is 12.0 Å². The van der Waals surface area contributed by atoms with Crippen molar-refractivity contribution in [3.05, 3.63) is 59.7 Å².